The highest BCUT2D eigenvalue weighted by molar-refractivity contribution is 7.89. The van der Waals surface area contributed by atoms with Gasteiger partial charge >= 0.3 is 0 Å². The molecule has 0 spiro atoms. The van der Waals surface area contributed by atoms with Gasteiger partial charge in [-0.2, -0.15) is 0 Å². The molecule has 1 fully saturated rings. The van der Waals surface area contributed by atoms with Gasteiger partial charge in [-0.05, 0) is 18.6 Å². The van der Waals surface area contributed by atoms with E-state index >= 15 is 0 Å². The average Bonchev–Trinajstić information content (AvgIpc) is 2.22. The molecule has 5 nitrogen and oxygen atoms in total. The molecule has 1 saturated heterocycles. The lowest BCUT2D eigenvalue weighted by atomic mass is 10.0. The molecule has 0 radical (unpaired) electrons. The molecular formula is C9H11N3O2S. The van der Waals surface area contributed by atoms with E-state index in [-0.39, 0.29) is 6.04 Å². The van der Waals surface area contributed by atoms with Crippen LogP contribution in [0.2, 0.25) is 0 Å². The molecular weight excluding hydrogens is 214 g/mol. The summed E-state index contributed by atoms with van der Waals surface area (Å²) in [6, 6.07) is 3.53. The third-order valence-electron chi connectivity index (χ3n) is 2.97. The first-order chi connectivity index (χ1) is 7.18. The number of hydrogen-bond acceptors (Lipinski definition) is 4. The Labute approximate surface area is 88.2 Å². The molecule has 80 valence electrons. The molecule has 15 heavy (non-hydrogen) atoms. The van der Waals surface area contributed by atoms with Gasteiger partial charge in [0.1, 0.15) is 10.7 Å². The monoisotopic (exact) mass is 225 g/mol. The zero-order chi connectivity index (χ0) is 10.5. The summed E-state index contributed by atoms with van der Waals surface area (Å²) in [7, 11) is -3.36. The average molecular weight is 225 g/mol. The Morgan fingerprint density at radius 3 is 3.13 bits per heavy atom. The van der Waals surface area contributed by atoms with Crippen LogP contribution in [0.4, 0.5) is 5.82 Å². The fraction of sp³-hybridized carbons (Fsp3) is 0.444. The molecule has 6 heteroatoms. The topological polar surface area (TPSA) is 62.3 Å². The molecule has 3 heterocycles. The number of hydrogen-bond donors (Lipinski definition) is 1. The first kappa shape index (κ1) is 9.11. The van der Waals surface area contributed by atoms with Gasteiger partial charge in [0.05, 0.1) is 0 Å². The fourth-order valence-electron chi connectivity index (χ4n) is 2.02. The molecule has 2 aliphatic rings. The molecule has 1 aromatic rings. The van der Waals surface area contributed by atoms with Crippen LogP contribution in [0, 0.1) is 0 Å². The molecule has 0 bridgehead atoms. The van der Waals surface area contributed by atoms with Gasteiger partial charge in [0.25, 0.3) is 0 Å². The number of fused-ring (bicyclic) bond motifs is 3. The van der Waals surface area contributed by atoms with Crippen molar-refractivity contribution < 1.29 is 8.42 Å². The number of rotatable bonds is 0. The minimum absolute atomic E-state index is 0.274. The van der Waals surface area contributed by atoms with Gasteiger partial charge in [-0.3, -0.25) is 0 Å². The summed E-state index contributed by atoms with van der Waals surface area (Å²) in [5, 5.41) is 0. The molecule has 1 atom stereocenters. The van der Waals surface area contributed by atoms with Gasteiger partial charge in [-0.1, -0.05) is 0 Å². The van der Waals surface area contributed by atoms with Crippen LogP contribution < -0.4 is 9.62 Å². The maximum atomic E-state index is 11.8. The van der Waals surface area contributed by atoms with Crippen molar-refractivity contribution in [2.24, 2.45) is 0 Å². The Morgan fingerprint density at radius 2 is 2.40 bits per heavy atom. The highest BCUT2D eigenvalue weighted by Gasteiger charge is 2.37. The molecule has 0 saturated carbocycles. The van der Waals surface area contributed by atoms with Crippen molar-refractivity contribution in [1.29, 1.82) is 0 Å². The number of aromatic nitrogens is 1. The zero-order valence-electron chi connectivity index (χ0n) is 8.05. The van der Waals surface area contributed by atoms with E-state index in [0.29, 0.717) is 17.3 Å². The van der Waals surface area contributed by atoms with Crippen molar-refractivity contribution in [3.8, 4) is 0 Å². The molecule has 3 rings (SSSR count). The van der Waals surface area contributed by atoms with Crippen LogP contribution >= 0.6 is 0 Å². The summed E-state index contributed by atoms with van der Waals surface area (Å²) >= 11 is 0. The third-order valence-corrected chi connectivity index (χ3v) is 4.41. The molecule has 1 aromatic heterocycles. The Morgan fingerprint density at radius 1 is 1.53 bits per heavy atom. The summed E-state index contributed by atoms with van der Waals surface area (Å²) < 4.78 is 26.3. The van der Waals surface area contributed by atoms with Gasteiger partial charge in [0, 0.05) is 25.3 Å². The van der Waals surface area contributed by atoms with E-state index in [2.05, 4.69) is 9.71 Å². The predicted molar refractivity (Wildman–Crippen MR) is 55.2 cm³/mol. The van der Waals surface area contributed by atoms with Crippen LogP contribution in [0.1, 0.15) is 6.42 Å². The first-order valence-electron chi connectivity index (χ1n) is 4.90. The van der Waals surface area contributed by atoms with Crippen LogP contribution in [0.3, 0.4) is 0 Å². The maximum Gasteiger partial charge on any atom is 0.244 e. The number of anilines is 1. The second-order valence-electron chi connectivity index (χ2n) is 3.81. The van der Waals surface area contributed by atoms with Gasteiger partial charge in [-0.25, -0.2) is 18.1 Å². The number of nitrogens with one attached hydrogen (secondary N) is 1. The van der Waals surface area contributed by atoms with E-state index in [1.807, 2.05) is 4.90 Å². The highest BCUT2D eigenvalue weighted by Crippen LogP contribution is 2.32. The number of nitrogens with zero attached hydrogens (tertiary/aromatic N) is 2. The van der Waals surface area contributed by atoms with E-state index in [4.69, 9.17) is 0 Å². The SMILES string of the molecule is O=S1(=O)NC[C@@H]2CCN2c2ncccc21. The number of sulfonamides is 1. The summed E-state index contributed by atoms with van der Waals surface area (Å²) in [4.78, 5) is 6.51. The maximum absolute atomic E-state index is 11.8. The van der Waals surface area contributed by atoms with Crippen LogP contribution in [-0.4, -0.2) is 32.5 Å². The van der Waals surface area contributed by atoms with Gasteiger partial charge in [-0.15, -0.1) is 0 Å². The van der Waals surface area contributed by atoms with Crippen molar-refractivity contribution in [2.75, 3.05) is 18.0 Å². The van der Waals surface area contributed by atoms with Crippen LogP contribution in [0.15, 0.2) is 23.2 Å². The van der Waals surface area contributed by atoms with Crippen molar-refractivity contribution in [3.05, 3.63) is 18.3 Å². The quantitative estimate of drug-likeness (QED) is 0.672. The normalized spacial score (nSPS) is 27.2. The standard InChI is InChI=1S/C9H11N3O2S/c13-15(14)8-2-1-4-10-9(8)12-5-3-7(12)6-11-15/h1-2,4,7,11H,3,5-6H2/t7-/m0/s1. The minimum atomic E-state index is -3.36. The molecule has 0 unspecified atom stereocenters. The zero-order valence-corrected chi connectivity index (χ0v) is 8.87. The second kappa shape index (κ2) is 2.93. The Kier molecular flexibility index (Phi) is 1.78. The summed E-state index contributed by atoms with van der Waals surface area (Å²) in [6.07, 6.45) is 2.66. The largest absolute Gasteiger partial charge is 0.351 e. The van der Waals surface area contributed by atoms with Gasteiger partial charge in [0.2, 0.25) is 10.0 Å². The molecule has 0 aromatic carbocycles. The van der Waals surface area contributed by atoms with Crippen molar-refractivity contribution in [3.63, 3.8) is 0 Å². The Bertz CT molecular complexity index is 500. The van der Waals surface area contributed by atoms with Crippen LogP contribution in [-0.2, 0) is 10.0 Å². The van der Waals surface area contributed by atoms with Crippen LogP contribution in [0.25, 0.3) is 0 Å². The van der Waals surface area contributed by atoms with Gasteiger partial charge < -0.3 is 4.90 Å². The lowest BCUT2D eigenvalue weighted by Crippen LogP contribution is -2.52. The minimum Gasteiger partial charge on any atom is -0.351 e. The van der Waals surface area contributed by atoms with E-state index in [1.165, 1.54) is 0 Å². The first-order valence-corrected chi connectivity index (χ1v) is 6.38. The lowest BCUT2D eigenvalue weighted by Gasteiger charge is -2.40. The summed E-state index contributed by atoms with van der Waals surface area (Å²) in [5.74, 6) is 0.596. The Balaban J connectivity index is 2.21. The summed E-state index contributed by atoms with van der Waals surface area (Å²) in [6.45, 7) is 1.38. The smallest absolute Gasteiger partial charge is 0.244 e. The fourth-order valence-corrected chi connectivity index (χ4v) is 3.26. The van der Waals surface area contributed by atoms with Crippen molar-refractivity contribution >= 4 is 15.8 Å². The van der Waals surface area contributed by atoms with Crippen molar-refractivity contribution in [2.45, 2.75) is 17.4 Å². The second-order valence-corrected chi connectivity index (χ2v) is 5.55. The Hall–Kier alpha value is -1.14. The van der Waals surface area contributed by atoms with E-state index in [0.717, 1.165) is 13.0 Å². The predicted octanol–water partition coefficient (Wildman–Crippen LogP) is -0.0478. The van der Waals surface area contributed by atoms with Crippen molar-refractivity contribution in [1.82, 2.24) is 9.71 Å². The van der Waals surface area contributed by atoms with E-state index in [9.17, 15) is 8.42 Å². The molecule has 2 aliphatic heterocycles. The lowest BCUT2D eigenvalue weighted by molar-refractivity contribution is 0.442. The third kappa shape index (κ3) is 1.25. The van der Waals surface area contributed by atoms with E-state index < -0.39 is 10.0 Å². The van der Waals surface area contributed by atoms with Crippen LogP contribution in [0.5, 0.6) is 0 Å². The summed E-state index contributed by atoms with van der Waals surface area (Å²) in [5.41, 5.74) is 0. The molecule has 0 amide bonds. The number of pyridine rings is 1. The highest BCUT2D eigenvalue weighted by atomic mass is 32.2. The van der Waals surface area contributed by atoms with E-state index in [1.54, 1.807) is 18.3 Å². The van der Waals surface area contributed by atoms with Gasteiger partial charge in [0.15, 0.2) is 0 Å². The molecule has 1 N–H and O–H groups in total. The molecule has 0 aliphatic carbocycles.